The number of carbonyl (C=O) groups is 1. The second-order valence-corrected chi connectivity index (χ2v) is 7.19. The van der Waals surface area contributed by atoms with Crippen LogP contribution in [0.1, 0.15) is 12.8 Å². The van der Waals surface area contributed by atoms with Gasteiger partial charge in [0.1, 0.15) is 17.6 Å². The number of hydrogen-bond donors (Lipinski definition) is 1. The monoisotopic (exact) mass is 414 g/mol. The summed E-state index contributed by atoms with van der Waals surface area (Å²) < 4.78 is 12.6. The average molecular weight is 415 g/mol. The fourth-order valence-corrected chi connectivity index (χ4v) is 3.54. The molecule has 0 unspecified atom stereocenters. The van der Waals surface area contributed by atoms with Crippen molar-refractivity contribution in [2.75, 3.05) is 0 Å². The number of ether oxygens (including phenoxy) is 1. The third-order valence-corrected chi connectivity index (χ3v) is 5.22. The summed E-state index contributed by atoms with van der Waals surface area (Å²) in [5.74, 6) is -0.139. The predicted octanol–water partition coefficient (Wildman–Crippen LogP) is 4.46. The van der Waals surface area contributed by atoms with Gasteiger partial charge in [-0.3, -0.25) is 9.59 Å². The number of carboxylic acids is 1. The van der Waals surface area contributed by atoms with Gasteiger partial charge in [0.2, 0.25) is 0 Å². The van der Waals surface area contributed by atoms with E-state index in [0.717, 1.165) is 0 Å². The highest BCUT2D eigenvalue weighted by Crippen LogP contribution is 2.37. The minimum Gasteiger partial charge on any atom is -0.490 e. The molecule has 1 N–H and O–H groups in total. The van der Waals surface area contributed by atoms with Crippen LogP contribution in [-0.4, -0.2) is 17.2 Å². The summed E-state index contributed by atoms with van der Waals surface area (Å²) in [4.78, 5) is 23.4. The number of rotatable bonds is 4. The minimum absolute atomic E-state index is 0.132. The summed E-state index contributed by atoms with van der Waals surface area (Å²) in [5, 5.41) is 9.50. The Balaban J connectivity index is 1.71. The van der Waals surface area contributed by atoms with E-state index in [1.165, 1.54) is 6.07 Å². The summed E-state index contributed by atoms with van der Waals surface area (Å²) in [6.07, 6.45) is 0.824. The standard InChI is InChI=1S/C20H15BrO5/c21-15-6-3-5-13-16(22)10-18(26-19(13)15)14-4-1-2-7-17(14)25-12-8-11(9-12)20(23)24/h1-7,10-12H,8-9H2,(H,23,24). The van der Waals surface area contributed by atoms with Gasteiger partial charge in [-0.25, -0.2) is 0 Å². The van der Waals surface area contributed by atoms with Gasteiger partial charge in [0.25, 0.3) is 0 Å². The van der Waals surface area contributed by atoms with Gasteiger partial charge in [-0.15, -0.1) is 0 Å². The number of halogens is 1. The highest BCUT2D eigenvalue weighted by molar-refractivity contribution is 9.10. The van der Waals surface area contributed by atoms with E-state index >= 15 is 0 Å². The topological polar surface area (TPSA) is 76.7 Å². The van der Waals surface area contributed by atoms with Gasteiger partial charge >= 0.3 is 5.97 Å². The summed E-state index contributed by atoms with van der Waals surface area (Å²) in [6.45, 7) is 0. The maximum absolute atomic E-state index is 12.5. The van der Waals surface area contributed by atoms with E-state index in [1.807, 2.05) is 24.3 Å². The number of carboxylic acid groups (broad SMARTS) is 1. The molecule has 3 aromatic rings. The van der Waals surface area contributed by atoms with Crippen LogP contribution >= 0.6 is 15.9 Å². The van der Waals surface area contributed by atoms with Crippen LogP contribution < -0.4 is 10.2 Å². The van der Waals surface area contributed by atoms with Crippen LogP contribution in [0.4, 0.5) is 0 Å². The average Bonchev–Trinajstić information content (AvgIpc) is 2.58. The molecule has 1 aliphatic carbocycles. The number of fused-ring (bicyclic) bond motifs is 1. The molecule has 0 atom stereocenters. The maximum atomic E-state index is 12.5. The lowest BCUT2D eigenvalue weighted by Crippen LogP contribution is -2.38. The molecule has 1 aliphatic rings. The third kappa shape index (κ3) is 3.01. The normalized spacial score (nSPS) is 19.1. The maximum Gasteiger partial charge on any atom is 0.306 e. The van der Waals surface area contributed by atoms with Gasteiger partial charge in [0, 0.05) is 6.07 Å². The Hall–Kier alpha value is -2.60. The summed E-state index contributed by atoms with van der Waals surface area (Å²) in [6, 6.07) is 14.1. The van der Waals surface area contributed by atoms with E-state index in [1.54, 1.807) is 18.2 Å². The zero-order chi connectivity index (χ0) is 18.3. The lowest BCUT2D eigenvalue weighted by molar-refractivity contribution is -0.147. The fraction of sp³-hybridized carbons (Fsp3) is 0.200. The number of para-hydroxylation sites is 2. The van der Waals surface area contributed by atoms with E-state index in [0.29, 0.717) is 45.4 Å². The fourth-order valence-electron chi connectivity index (χ4n) is 3.09. The van der Waals surface area contributed by atoms with Crippen molar-refractivity contribution in [2.24, 2.45) is 5.92 Å². The second kappa shape index (κ2) is 6.61. The number of benzene rings is 2. The van der Waals surface area contributed by atoms with Crippen molar-refractivity contribution in [1.82, 2.24) is 0 Å². The molecule has 0 aliphatic heterocycles. The number of aliphatic carboxylic acids is 1. The zero-order valence-corrected chi connectivity index (χ0v) is 15.2. The number of hydrogen-bond acceptors (Lipinski definition) is 4. The predicted molar refractivity (Wildman–Crippen MR) is 100 cm³/mol. The molecule has 0 amide bonds. The highest BCUT2D eigenvalue weighted by Gasteiger charge is 2.36. The molecule has 0 bridgehead atoms. The SMILES string of the molecule is O=C(O)C1CC(Oc2ccccc2-c2cc(=O)c3cccc(Br)c3o2)C1. The smallest absolute Gasteiger partial charge is 0.306 e. The van der Waals surface area contributed by atoms with Gasteiger partial charge in [0.15, 0.2) is 11.0 Å². The van der Waals surface area contributed by atoms with Crippen molar-refractivity contribution >= 4 is 32.9 Å². The van der Waals surface area contributed by atoms with Gasteiger partial charge in [0.05, 0.1) is 21.3 Å². The van der Waals surface area contributed by atoms with Crippen molar-refractivity contribution in [1.29, 1.82) is 0 Å². The van der Waals surface area contributed by atoms with E-state index in [9.17, 15) is 9.59 Å². The molecule has 0 radical (unpaired) electrons. The molecule has 1 saturated carbocycles. The lowest BCUT2D eigenvalue weighted by atomic mass is 9.82. The molecule has 0 saturated heterocycles. The first-order valence-electron chi connectivity index (χ1n) is 8.24. The van der Waals surface area contributed by atoms with Crippen molar-refractivity contribution in [2.45, 2.75) is 18.9 Å². The largest absolute Gasteiger partial charge is 0.490 e. The molecule has 1 fully saturated rings. The van der Waals surface area contributed by atoms with Crippen molar-refractivity contribution in [3.8, 4) is 17.1 Å². The Morgan fingerprint density at radius 2 is 1.92 bits per heavy atom. The van der Waals surface area contributed by atoms with Crippen LogP contribution in [0.3, 0.4) is 0 Å². The van der Waals surface area contributed by atoms with Crippen LogP contribution in [0, 0.1) is 5.92 Å². The quantitative estimate of drug-likeness (QED) is 0.681. The molecule has 1 aromatic heterocycles. The van der Waals surface area contributed by atoms with Gasteiger partial charge in [-0.05, 0) is 53.0 Å². The summed E-state index contributed by atoms with van der Waals surface area (Å²) in [7, 11) is 0. The summed E-state index contributed by atoms with van der Waals surface area (Å²) >= 11 is 3.42. The zero-order valence-electron chi connectivity index (χ0n) is 13.6. The lowest BCUT2D eigenvalue weighted by Gasteiger charge is -2.33. The van der Waals surface area contributed by atoms with Crippen LogP contribution in [-0.2, 0) is 4.79 Å². The van der Waals surface area contributed by atoms with Crippen molar-refractivity contribution < 1.29 is 19.1 Å². The van der Waals surface area contributed by atoms with Crippen molar-refractivity contribution in [3.05, 3.63) is 63.2 Å². The molecule has 1 heterocycles. The Kier molecular flexibility index (Phi) is 4.28. The second-order valence-electron chi connectivity index (χ2n) is 6.33. The van der Waals surface area contributed by atoms with Crippen molar-refractivity contribution in [3.63, 3.8) is 0 Å². The van der Waals surface area contributed by atoms with E-state index < -0.39 is 5.97 Å². The Labute approximate surface area is 157 Å². The highest BCUT2D eigenvalue weighted by atomic mass is 79.9. The van der Waals surface area contributed by atoms with Gasteiger partial charge in [-0.1, -0.05) is 18.2 Å². The molecular weight excluding hydrogens is 400 g/mol. The van der Waals surface area contributed by atoms with Gasteiger partial charge in [-0.2, -0.15) is 0 Å². The molecule has 26 heavy (non-hydrogen) atoms. The Morgan fingerprint density at radius 3 is 2.69 bits per heavy atom. The molecule has 5 nitrogen and oxygen atoms in total. The van der Waals surface area contributed by atoms with Crippen LogP contribution in [0.25, 0.3) is 22.3 Å². The first-order valence-corrected chi connectivity index (χ1v) is 9.03. The molecule has 6 heteroatoms. The summed E-state index contributed by atoms with van der Waals surface area (Å²) in [5.41, 5.74) is 1.02. The van der Waals surface area contributed by atoms with E-state index in [4.69, 9.17) is 14.3 Å². The first kappa shape index (κ1) is 16.8. The molecule has 4 rings (SSSR count). The van der Waals surface area contributed by atoms with Crippen LogP contribution in [0.5, 0.6) is 5.75 Å². The molecule has 2 aromatic carbocycles. The first-order chi connectivity index (χ1) is 12.5. The Bertz CT molecular complexity index is 1050. The van der Waals surface area contributed by atoms with Crippen LogP contribution in [0.15, 0.2) is 62.2 Å². The van der Waals surface area contributed by atoms with E-state index in [2.05, 4.69) is 15.9 Å². The minimum atomic E-state index is -0.788. The van der Waals surface area contributed by atoms with Crippen LogP contribution in [0.2, 0.25) is 0 Å². The third-order valence-electron chi connectivity index (χ3n) is 4.60. The molecule has 132 valence electrons. The molecule has 0 spiro atoms. The van der Waals surface area contributed by atoms with Gasteiger partial charge < -0.3 is 14.3 Å². The van der Waals surface area contributed by atoms with E-state index in [-0.39, 0.29) is 17.5 Å². The molecular formula is C20H15BrO5. The Morgan fingerprint density at radius 1 is 1.15 bits per heavy atom.